The molecule has 1 N–H and O–H groups in total. The van der Waals surface area contributed by atoms with Crippen LogP contribution >= 0.6 is 0 Å². The van der Waals surface area contributed by atoms with Crippen LogP contribution in [0.25, 0.3) is 0 Å². The molecule has 9 nitrogen and oxygen atoms in total. The summed E-state index contributed by atoms with van der Waals surface area (Å²) in [5, 5.41) is 2.84. The molecule has 0 saturated carbocycles. The van der Waals surface area contributed by atoms with Crippen molar-refractivity contribution in [1.29, 1.82) is 0 Å². The van der Waals surface area contributed by atoms with E-state index in [1.807, 2.05) is 13.8 Å². The first-order valence-corrected chi connectivity index (χ1v) is 14.0. The topological polar surface area (TPSA) is 105 Å². The molecule has 0 unspecified atom stereocenters. The van der Waals surface area contributed by atoms with Crippen LogP contribution in [0.1, 0.15) is 26.3 Å². The molecule has 0 aliphatic carbocycles. The SMILES string of the molecule is COc1ccc(CN(C(=O)CN(c2ccccc2)S(=O)(=O)c2ccc(OC)cc2)[C@H](C)C(=O)NC(C)C)cc1. The lowest BCUT2D eigenvalue weighted by molar-refractivity contribution is -0.139. The first-order valence-electron chi connectivity index (χ1n) is 12.5. The number of anilines is 1. The number of nitrogens with one attached hydrogen (secondary N) is 1. The van der Waals surface area contributed by atoms with E-state index in [0.717, 1.165) is 9.87 Å². The smallest absolute Gasteiger partial charge is 0.264 e. The summed E-state index contributed by atoms with van der Waals surface area (Å²) in [6.45, 7) is 4.89. The summed E-state index contributed by atoms with van der Waals surface area (Å²) in [5.74, 6) is 0.296. The molecular weight excluding hydrogens is 518 g/mol. The summed E-state index contributed by atoms with van der Waals surface area (Å²) in [5.41, 5.74) is 1.09. The second-order valence-corrected chi connectivity index (χ2v) is 11.1. The molecule has 3 aromatic carbocycles. The fourth-order valence-electron chi connectivity index (χ4n) is 3.91. The minimum Gasteiger partial charge on any atom is -0.497 e. The van der Waals surface area contributed by atoms with Crippen LogP contribution in [0.3, 0.4) is 0 Å². The van der Waals surface area contributed by atoms with Crippen molar-refractivity contribution in [1.82, 2.24) is 10.2 Å². The van der Waals surface area contributed by atoms with Gasteiger partial charge in [-0.2, -0.15) is 0 Å². The quantitative estimate of drug-likeness (QED) is 0.365. The summed E-state index contributed by atoms with van der Waals surface area (Å²) in [7, 11) is -1.09. The first-order chi connectivity index (χ1) is 18.6. The summed E-state index contributed by atoms with van der Waals surface area (Å²) < 4.78 is 39.0. The molecule has 208 valence electrons. The van der Waals surface area contributed by atoms with Crippen LogP contribution in [0, 0.1) is 0 Å². The summed E-state index contributed by atoms with van der Waals surface area (Å²) in [4.78, 5) is 28.2. The molecule has 3 aromatic rings. The zero-order chi connectivity index (χ0) is 28.6. The van der Waals surface area contributed by atoms with Gasteiger partial charge in [-0.25, -0.2) is 8.42 Å². The Morgan fingerprint density at radius 3 is 1.87 bits per heavy atom. The fourth-order valence-corrected chi connectivity index (χ4v) is 5.33. The van der Waals surface area contributed by atoms with Gasteiger partial charge in [-0.15, -0.1) is 0 Å². The molecule has 0 heterocycles. The van der Waals surface area contributed by atoms with Gasteiger partial charge in [0.15, 0.2) is 0 Å². The second kappa shape index (κ2) is 13.1. The minimum atomic E-state index is -4.14. The predicted molar refractivity (Wildman–Crippen MR) is 150 cm³/mol. The third kappa shape index (κ3) is 7.51. The first kappa shape index (κ1) is 29.5. The third-order valence-electron chi connectivity index (χ3n) is 6.08. The number of amides is 2. The summed E-state index contributed by atoms with van der Waals surface area (Å²) in [6.07, 6.45) is 0. The standard InChI is InChI=1S/C29H35N3O6S/c1-21(2)30-29(34)22(3)31(19-23-11-13-25(37-4)14-12-23)28(33)20-32(24-9-7-6-8-10-24)39(35,36)27-17-15-26(38-5)16-18-27/h6-18,21-22H,19-20H2,1-5H3,(H,30,34)/t22-/m1/s1. The number of benzene rings is 3. The Bertz CT molecular complexity index is 1340. The number of sulfonamides is 1. The minimum absolute atomic E-state index is 0.00672. The van der Waals surface area contributed by atoms with E-state index in [-0.39, 0.29) is 23.4 Å². The van der Waals surface area contributed by atoms with Gasteiger partial charge in [-0.05, 0) is 74.9 Å². The highest BCUT2D eigenvalue weighted by molar-refractivity contribution is 7.92. The zero-order valence-corrected chi connectivity index (χ0v) is 23.6. The Kier molecular flexibility index (Phi) is 9.95. The van der Waals surface area contributed by atoms with Gasteiger partial charge in [-0.1, -0.05) is 30.3 Å². The van der Waals surface area contributed by atoms with E-state index >= 15 is 0 Å². The van der Waals surface area contributed by atoms with Gasteiger partial charge in [0.1, 0.15) is 24.1 Å². The molecule has 2 amide bonds. The van der Waals surface area contributed by atoms with Gasteiger partial charge in [-0.3, -0.25) is 13.9 Å². The maximum atomic E-state index is 13.9. The lowest BCUT2D eigenvalue weighted by Gasteiger charge is -2.32. The third-order valence-corrected chi connectivity index (χ3v) is 7.87. The van der Waals surface area contributed by atoms with E-state index in [9.17, 15) is 18.0 Å². The highest BCUT2D eigenvalue weighted by atomic mass is 32.2. The Balaban J connectivity index is 1.99. The van der Waals surface area contributed by atoms with E-state index < -0.39 is 28.5 Å². The Morgan fingerprint density at radius 1 is 0.821 bits per heavy atom. The van der Waals surface area contributed by atoms with Gasteiger partial charge < -0.3 is 19.7 Å². The highest BCUT2D eigenvalue weighted by Crippen LogP contribution is 2.26. The maximum Gasteiger partial charge on any atom is 0.264 e. The Labute approximate surface area is 230 Å². The van der Waals surface area contributed by atoms with Crippen LogP contribution in [-0.4, -0.2) is 58.0 Å². The number of carbonyl (C=O) groups is 2. The van der Waals surface area contributed by atoms with Gasteiger partial charge in [0.25, 0.3) is 10.0 Å². The molecule has 39 heavy (non-hydrogen) atoms. The molecule has 0 fully saturated rings. The monoisotopic (exact) mass is 553 g/mol. The largest absolute Gasteiger partial charge is 0.497 e. The van der Waals surface area contributed by atoms with E-state index in [2.05, 4.69) is 5.32 Å². The highest BCUT2D eigenvalue weighted by Gasteiger charge is 2.32. The van der Waals surface area contributed by atoms with Crippen molar-refractivity contribution in [3.05, 3.63) is 84.4 Å². The van der Waals surface area contributed by atoms with E-state index in [1.54, 1.807) is 80.8 Å². The van der Waals surface area contributed by atoms with Crippen molar-refractivity contribution >= 4 is 27.5 Å². The van der Waals surface area contributed by atoms with Crippen molar-refractivity contribution in [2.24, 2.45) is 0 Å². The molecule has 0 aliphatic rings. The molecule has 0 spiro atoms. The molecule has 0 saturated heterocycles. The predicted octanol–water partition coefficient (Wildman–Crippen LogP) is 3.84. The summed E-state index contributed by atoms with van der Waals surface area (Å²) in [6, 6.07) is 20.5. The number of methoxy groups -OCH3 is 2. The normalized spacial score (nSPS) is 11.9. The number of ether oxygens (including phenoxy) is 2. The van der Waals surface area contributed by atoms with Crippen molar-refractivity contribution in [2.45, 2.75) is 44.3 Å². The van der Waals surface area contributed by atoms with E-state index in [4.69, 9.17) is 9.47 Å². The van der Waals surface area contributed by atoms with Crippen LogP contribution < -0.4 is 19.1 Å². The zero-order valence-electron chi connectivity index (χ0n) is 22.8. The fraction of sp³-hybridized carbons (Fsp3) is 0.310. The molecular formula is C29H35N3O6S. The van der Waals surface area contributed by atoms with E-state index in [0.29, 0.717) is 17.2 Å². The van der Waals surface area contributed by atoms with Gasteiger partial charge in [0.2, 0.25) is 11.8 Å². The molecule has 3 rings (SSSR count). The van der Waals surface area contributed by atoms with Crippen molar-refractivity contribution in [2.75, 3.05) is 25.1 Å². The Hall–Kier alpha value is -4.05. The lowest BCUT2D eigenvalue weighted by Crippen LogP contribution is -2.52. The van der Waals surface area contributed by atoms with Gasteiger partial charge >= 0.3 is 0 Å². The second-order valence-electron chi connectivity index (χ2n) is 9.23. The van der Waals surface area contributed by atoms with E-state index in [1.165, 1.54) is 24.1 Å². The van der Waals surface area contributed by atoms with Crippen LogP contribution in [0.4, 0.5) is 5.69 Å². The van der Waals surface area contributed by atoms with Crippen molar-refractivity contribution in [3.63, 3.8) is 0 Å². The van der Waals surface area contributed by atoms with Crippen molar-refractivity contribution in [3.8, 4) is 11.5 Å². The number of nitrogens with zero attached hydrogens (tertiary/aromatic N) is 2. The Morgan fingerprint density at radius 2 is 1.36 bits per heavy atom. The number of hydrogen-bond acceptors (Lipinski definition) is 6. The average Bonchev–Trinajstić information content (AvgIpc) is 2.94. The van der Waals surface area contributed by atoms with Gasteiger partial charge in [0, 0.05) is 12.6 Å². The molecule has 0 aromatic heterocycles. The average molecular weight is 554 g/mol. The number of carbonyl (C=O) groups excluding carboxylic acids is 2. The van der Waals surface area contributed by atoms with Crippen molar-refractivity contribution < 1.29 is 27.5 Å². The van der Waals surface area contributed by atoms with Gasteiger partial charge in [0.05, 0.1) is 24.8 Å². The summed E-state index contributed by atoms with van der Waals surface area (Å²) >= 11 is 0. The maximum absolute atomic E-state index is 13.9. The molecule has 1 atom stereocenters. The molecule has 0 bridgehead atoms. The van der Waals surface area contributed by atoms with Crippen LogP contribution in [0.15, 0.2) is 83.8 Å². The van der Waals surface area contributed by atoms with Crippen LogP contribution in [0.5, 0.6) is 11.5 Å². The van der Waals surface area contributed by atoms with Crippen LogP contribution in [-0.2, 0) is 26.2 Å². The number of rotatable bonds is 12. The lowest BCUT2D eigenvalue weighted by atomic mass is 10.1. The molecule has 10 heteroatoms. The molecule has 0 radical (unpaired) electrons. The number of hydrogen-bond donors (Lipinski definition) is 1. The van der Waals surface area contributed by atoms with Crippen LogP contribution in [0.2, 0.25) is 0 Å². The number of para-hydroxylation sites is 1. The molecule has 0 aliphatic heterocycles.